The fraction of sp³-hybridized carbons (Fsp3) is 0.211. The van der Waals surface area contributed by atoms with Crippen molar-refractivity contribution >= 4 is 12.0 Å². The number of carbonyl (C=O) groups excluding carboxylic acids is 1. The standard InChI is InChI=1S/C19H21NO3/c1-2-22-19(21)14-23-18-9-4-3-7-16(18)12-10-15-6-5-8-17(20)13-11-15/h3-5,7-13H,2,6,14,20H2,1H3/b12-10-. The van der Waals surface area contributed by atoms with Gasteiger partial charge in [-0.05, 0) is 37.1 Å². The minimum atomic E-state index is -0.372. The molecule has 1 aromatic carbocycles. The molecule has 0 bridgehead atoms. The number of hydrogen-bond donors (Lipinski definition) is 1. The third kappa shape index (κ3) is 5.51. The van der Waals surface area contributed by atoms with Gasteiger partial charge in [0.25, 0.3) is 0 Å². The third-order valence-electron chi connectivity index (χ3n) is 3.20. The highest BCUT2D eigenvalue weighted by atomic mass is 16.6. The number of carbonyl (C=O) groups is 1. The second-order valence-electron chi connectivity index (χ2n) is 4.98. The average Bonchev–Trinajstić information content (AvgIpc) is 2.76. The Hall–Kier alpha value is -2.75. The molecular weight excluding hydrogens is 290 g/mol. The van der Waals surface area contributed by atoms with Gasteiger partial charge in [0.15, 0.2) is 6.61 Å². The lowest BCUT2D eigenvalue weighted by Gasteiger charge is -2.08. The maximum absolute atomic E-state index is 11.4. The average molecular weight is 311 g/mol. The molecule has 23 heavy (non-hydrogen) atoms. The van der Waals surface area contributed by atoms with Crippen LogP contribution in [0.2, 0.25) is 0 Å². The Labute approximate surface area is 136 Å². The van der Waals surface area contributed by atoms with Gasteiger partial charge in [-0.1, -0.05) is 42.5 Å². The van der Waals surface area contributed by atoms with Gasteiger partial charge in [-0.15, -0.1) is 0 Å². The van der Waals surface area contributed by atoms with Gasteiger partial charge in [0.1, 0.15) is 5.75 Å². The lowest BCUT2D eigenvalue weighted by molar-refractivity contribution is -0.145. The zero-order valence-electron chi connectivity index (χ0n) is 13.2. The van der Waals surface area contributed by atoms with E-state index < -0.39 is 0 Å². The molecule has 0 atom stereocenters. The number of para-hydroxylation sites is 1. The highest BCUT2D eigenvalue weighted by Crippen LogP contribution is 2.21. The monoisotopic (exact) mass is 311 g/mol. The fourth-order valence-electron chi connectivity index (χ4n) is 2.07. The van der Waals surface area contributed by atoms with Crippen LogP contribution in [0.5, 0.6) is 5.75 Å². The molecule has 0 saturated carbocycles. The molecule has 0 amide bonds. The van der Waals surface area contributed by atoms with E-state index in [1.54, 1.807) is 6.92 Å². The number of rotatable bonds is 6. The smallest absolute Gasteiger partial charge is 0.344 e. The molecule has 0 spiro atoms. The zero-order chi connectivity index (χ0) is 16.5. The molecule has 1 aromatic rings. The highest BCUT2D eigenvalue weighted by Gasteiger charge is 2.05. The van der Waals surface area contributed by atoms with Crippen LogP contribution in [0.1, 0.15) is 18.9 Å². The third-order valence-corrected chi connectivity index (χ3v) is 3.20. The molecule has 4 heteroatoms. The van der Waals surface area contributed by atoms with Crippen molar-refractivity contribution in [2.75, 3.05) is 13.2 Å². The molecule has 1 aliphatic rings. The Morgan fingerprint density at radius 2 is 2.09 bits per heavy atom. The summed E-state index contributed by atoms with van der Waals surface area (Å²) in [6.07, 6.45) is 12.6. The first-order chi connectivity index (χ1) is 11.2. The van der Waals surface area contributed by atoms with Crippen LogP contribution in [0.25, 0.3) is 6.08 Å². The van der Waals surface area contributed by atoms with Crippen LogP contribution in [0.4, 0.5) is 0 Å². The first kappa shape index (κ1) is 16.6. The van der Waals surface area contributed by atoms with Crippen molar-refractivity contribution in [1.82, 2.24) is 0 Å². The SMILES string of the molecule is CCOC(=O)COc1ccccc1/C=C\C1=CC=C(N)C=CC1. The summed E-state index contributed by atoms with van der Waals surface area (Å²) in [5.41, 5.74) is 8.55. The molecule has 4 nitrogen and oxygen atoms in total. The second kappa shape index (κ2) is 8.63. The Kier molecular flexibility index (Phi) is 6.24. The summed E-state index contributed by atoms with van der Waals surface area (Å²) in [5.74, 6) is 0.278. The Morgan fingerprint density at radius 3 is 2.91 bits per heavy atom. The summed E-state index contributed by atoms with van der Waals surface area (Å²) in [6, 6.07) is 7.57. The zero-order valence-corrected chi connectivity index (χ0v) is 13.2. The Morgan fingerprint density at radius 1 is 1.26 bits per heavy atom. The van der Waals surface area contributed by atoms with Crippen molar-refractivity contribution in [3.05, 3.63) is 71.5 Å². The molecule has 0 heterocycles. The Bertz CT molecular complexity index is 669. The maximum atomic E-state index is 11.4. The molecule has 120 valence electrons. The van der Waals surface area contributed by atoms with Crippen molar-refractivity contribution in [1.29, 1.82) is 0 Å². The summed E-state index contributed by atoms with van der Waals surface area (Å²) < 4.78 is 10.4. The van der Waals surface area contributed by atoms with E-state index in [0.717, 1.165) is 23.3 Å². The van der Waals surface area contributed by atoms with E-state index in [9.17, 15) is 4.79 Å². The summed E-state index contributed by atoms with van der Waals surface area (Å²) >= 11 is 0. The van der Waals surface area contributed by atoms with Crippen molar-refractivity contribution in [2.24, 2.45) is 5.73 Å². The van der Waals surface area contributed by atoms with Crippen LogP contribution in [0, 0.1) is 0 Å². The number of allylic oxidation sites excluding steroid dienone is 6. The molecule has 0 unspecified atom stereocenters. The van der Waals surface area contributed by atoms with Gasteiger partial charge in [-0.2, -0.15) is 0 Å². The van der Waals surface area contributed by atoms with Crippen molar-refractivity contribution in [3.8, 4) is 5.75 Å². The molecule has 1 aliphatic carbocycles. The number of esters is 1. The van der Waals surface area contributed by atoms with E-state index in [1.165, 1.54) is 0 Å². The first-order valence-corrected chi connectivity index (χ1v) is 7.57. The number of benzene rings is 1. The second-order valence-corrected chi connectivity index (χ2v) is 4.98. The van der Waals surface area contributed by atoms with E-state index in [-0.39, 0.29) is 12.6 Å². The number of ether oxygens (including phenoxy) is 2. The highest BCUT2D eigenvalue weighted by molar-refractivity contribution is 5.71. The van der Waals surface area contributed by atoms with E-state index in [2.05, 4.69) is 0 Å². The lowest BCUT2D eigenvalue weighted by Crippen LogP contribution is -2.14. The molecule has 0 radical (unpaired) electrons. The van der Waals surface area contributed by atoms with E-state index in [0.29, 0.717) is 12.4 Å². The molecule has 2 N–H and O–H groups in total. The largest absolute Gasteiger partial charge is 0.481 e. The van der Waals surface area contributed by atoms with E-state index in [1.807, 2.05) is 60.7 Å². The molecule has 0 saturated heterocycles. The van der Waals surface area contributed by atoms with Gasteiger partial charge in [0.2, 0.25) is 0 Å². The molecule has 0 aliphatic heterocycles. The number of hydrogen-bond acceptors (Lipinski definition) is 4. The van der Waals surface area contributed by atoms with Gasteiger partial charge in [0, 0.05) is 11.3 Å². The predicted molar refractivity (Wildman–Crippen MR) is 91.7 cm³/mol. The summed E-state index contributed by atoms with van der Waals surface area (Å²) in [5, 5.41) is 0. The lowest BCUT2D eigenvalue weighted by atomic mass is 10.1. The van der Waals surface area contributed by atoms with Gasteiger partial charge >= 0.3 is 5.97 Å². The first-order valence-electron chi connectivity index (χ1n) is 7.57. The van der Waals surface area contributed by atoms with Gasteiger partial charge < -0.3 is 15.2 Å². The summed E-state index contributed by atoms with van der Waals surface area (Å²) in [4.78, 5) is 11.4. The number of nitrogens with two attached hydrogens (primary N) is 1. The van der Waals surface area contributed by atoms with Crippen molar-refractivity contribution in [2.45, 2.75) is 13.3 Å². The summed E-state index contributed by atoms with van der Waals surface area (Å²) in [7, 11) is 0. The van der Waals surface area contributed by atoms with E-state index >= 15 is 0 Å². The van der Waals surface area contributed by atoms with Gasteiger partial charge in [0.05, 0.1) is 6.61 Å². The summed E-state index contributed by atoms with van der Waals surface area (Å²) in [6.45, 7) is 2.02. The van der Waals surface area contributed by atoms with Crippen LogP contribution in [-0.4, -0.2) is 19.2 Å². The quantitative estimate of drug-likeness (QED) is 0.818. The maximum Gasteiger partial charge on any atom is 0.344 e. The Balaban J connectivity index is 2.07. The predicted octanol–water partition coefficient (Wildman–Crippen LogP) is 3.37. The molecule has 2 rings (SSSR count). The van der Waals surface area contributed by atoms with Crippen molar-refractivity contribution in [3.63, 3.8) is 0 Å². The van der Waals surface area contributed by atoms with Crippen LogP contribution in [0.3, 0.4) is 0 Å². The molecule has 0 fully saturated rings. The fourth-order valence-corrected chi connectivity index (χ4v) is 2.07. The van der Waals surface area contributed by atoms with Crippen LogP contribution in [-0.2, 0) is 9.53 Å². The van der Waals surface area contributed by atoms with Gasteiger partial charge in [-0.25, -0.2) is 4.79 Å². The van der Waals surface area contributed by atoms with Crippen molar-refractivity contribution < 1.29 is 14.3 Å². The molecule has 0 aromatic heterocycles. The van der Waals surface area contributed by atoms with Crippen LogP contribution < -0.4 is 10.5 Å². The minimum absolute atomic E-state index is 0.0939. The minimum Gasteiger partial charge on any atom is -0.481 e. The van der Waals surface area contributed by atoms with E-state index in [4.69, 9.17) is 15.2 Å². The van der Waals surface area contributed by atoms with Crippen LogP contribution in [0.15, 0.2) is 65.9 Å². The van der Waals surface area contributed by atoms with Gasteiger partial charge in [-0.3, -0.25) is 0 Å². The normalized spacial score (nSPS) is 14.1. The topological polar surface area (TPSA) is 61.5 Å². The van der Waals surface area contributed by atoms with Crippen LogP contribution >= 0.6 is 0 Å². The molecular formula is C19H21NO3.